The van der Waals surface area contributed by atoms with E-state index in [1.165, 1.54) is 23.9 Å². The Bertz CT molecular complexity index is 620. The van der Waals surface area contributed by atoms with Gasteiger partial charge in [0.15, 0.2) is 5.16 Å². The van der Waals surface area contributed by atoms with E-state index in [2.05, 4.69) is 10.2 Å². The van der Waals surface area contributed by atoms with Gasteiger partial charge in [-0.2, -0.15) is 0 Å². The monoisotopic (exact) mass is 296 g/mol. The molecule has 2 rings (SSSR count). The van der Waals surface area contributed by atoms with Gasteiger partial charge in [0.25, 0.3) is 0 Å². The molecule has 0 aliphatic carbocycles. The molecule has 1 unspecified atom stereocenters. The molecule has 0 aliphatic rings. The first-order chi connectivity index (χ1) is 9.52. The van der Waals surface area contributed by atoms with Gasteiger partial charge in [0, 0.05) is 17.8 Å². The highest BCUT2D eigenvalue weighted by molar-refractivity contribution is 7.99. The van der Waals surface area contributed by atoms with Crippen LogP contribution in [0.4, 0.5) is 4.39 Å². The van der Waals surface area contributed by atoms with Gasteiger partial charge in [0.05, 0.1) is 0 Å². The topological polar surface area (TPSA) is 76.7 Å². The van der Waals surface area contributed by atoms with Gasteiger partial charge >= 0.3 is 5.69 Å². The van der Waals surface area contributed by atoms with Crippen molar-refractivity contribution in [1.82, 2.24) is 14.8 Å². The lowest BCUT2D eigenvalue weighted by molar-refractivity contribution is 0.533. The molecule has 0 saturated carbocycles. The van der Waals surface area contributed by atoms with Crippen molar-refractivity contribution in [3.63, 3.8) is 0 Å². The molecule has 0 fully saturated rings. The molecule has 0 amide bonds. The first kappa shape index (κ1) is 14.8. The fraction of sp³-hybridized carbons (Fsp3) is 0.385. The minimum Gasteiger partial charge on any atom is -0.329 e. The van der Waals surface area contributed by atoms with E-state index < -0.39 is 0 Å². The first-order valence-corrected chi connectivity index (χ1v) is 7.20. The molecule has 5 nitrogen and oxygen atoms in total. The van der Waals surface area contributed by atoms with Crippen LogP contribution < -0.4 is 11.4 Å². The van der Waals surface area contributed by atoms with Gasteiger partial charge in [-0.3, -0.25) is 4.57 Å². The SMILES string of the molecule is CC(C)n1c(SC(CN)c2ccc(F)cc2)n[nH]c1=O. The lowest BCUT2D eigenvalue weighted by Crippen LogP contribution is -2.20. The number of halogens is 1. The molecular weight excluding hydrogens is 279 g/mol. The molecule has 3 N–H and O–H groups in total. The molecule has 7 heteroatoms. The van der Waals surface area contributed by atoms with E-state index in [4.69, 9.17) is 5.73 Å². The van der Waals surface area contributed by atoms with Crippen molar-refractivity contribution < 1.29 is 4.39 Å². The minimum atomic E-state index is -0.284. The van der Waals surface area contributed by atoms with Crippen molar-refractivity contribution in [2.45, 2.75) is 30.3 Å². The van der Waals surface area contributed by atoms with Crippen LogP contribution in [0.15, 0.2) is 34.2 Å². The summed E-state index contributed by atoms with van der Waals surface area (Å²) < 4.78 is 14.5. The maximum absolute atomic E-state index is 13.0. The number of aromatic amines is 1. The summed E-state index contributed by atoms with van der Waals surface area (Å²) in [6, 6.07) is 6.21. The number of nitrogens with two attached hydrogens (primary N) is 1. The summed E-state index contributed by atoms with van der Waals surface area (Å²) >= 11 is 1.40. The molecule has 0 bridgehead atoms. The summed E-state index contributed by atoms with van der Waals surface area (Å²) in [6.07, 6.45) is 0. The van der Waals surface area contributed by atoms with Gasteiger partial charge in [0.2, 0.25) is 0 Å². The standard InChI is InChI=1S/C13H17FN4OS/c1-8(2)18-12(19)16-17-13(18)20-11(7-15)9-3-5-10(14)6-4-9/h3-6,8,11H,7,15H2,1-2H3,(H,16,19). The van der Waals surface area contributed by atoms with Crippen molar-refractivity contribution in [3.8, 4) is 0 Å². The van der Waals surface area contributed by atoms with Crippen molar-refractivity contribution in [2.24, 2.45) is 5.73 Å². The van der Waals surface area contributed by atoms with Crippen LogP contribution in [0.5, 0.6) is 0 Å². The largest absolute Gasteiger partial charge is 0.344 e. The molecule has 20 heavy (non-hydrogen) atoms. The van der Waals surface area contributed by atoms with Crippen LogP contribution in [-0.4, -0.2) is 21.3 Å². The van der Waals surface area contributed by atoms with Crippen LogP contribution in [0.2, 0.25) is 0 Å². The number of nitrogens with zero attached hydrogens (tertiary/aromatic N) is 2. The molecule has 0 aliphatic heterocycles. The molecule has 2 aromatic rings. The Hall–Kier alpha value is -1.60. The third-order valence-corrected chi connectivity index (χ3v) is 4.14. The molecule has 1 aromatic carbocycles. The zero-order valence-electron chi connectivity index (χ0n) is 11.3. The molecule has 0 spiro atoms. The van der Waals surface area contributed by atoms with Gasteiger partial charge in [-0.25, -0.2) is 14.3 Å². The summed E-state index contributed by atoms with van der Waals surface area (Å²) in [7, 11) is 0. The van der Waals surface area contributed by atoms with Crippen LogP contribution in [-0.2, 0) is 0 Å². The smallest absolute Gasteiger partial charge is 0.329 e. The molecule has 1 atom stereocenters. The molecule has 1 aromatic heterocycles. The fourth-order valence-corrected chi connectivity index (χ4v) is 3.04. The van der Waals surface area contributed by atoms with E-state index in [0.717, 1.165) is 5.56 Å². The lowest BCUT2D eigenvalue weighted by atomic mass is 10.1. The van der Waals surface area contributed by atoms with Crippen LogP contribution in [0.25, 0.3) is 0 Å². The molecule has 0 radical (unpaired) electrons. The van der Waals surface area contributed by atoms with Crippen LogP contribution in [0, 0.1) is 5.82 Å². The van der Waals surface area contributed by atoms with Gasteiger partial charge < -0.3 is 5.73 Å². The minimum absolute atomic E-state index is 0.00962. The number of benzene rings is 1. The molecule has 0 saturated heterocycles. The molecular formula is C13H17FN4OS. The lowest BCUT2D eigenvalue weighted by Gasteiger charge is -2.15. The van der Waals surface area contributed by atoms with E-state index in [0.29, 0.717) is 11.7 Å². The number of hydrogen-bond acceptors (Lipinski definition) is 4. The Morgan fingerprint density at radius 1 is 1.40 bits per heavy atom. The Labute approximate surface area is 120 Å². The number of H-pyrrole nitrogens is 1. The third-order valence-electron chi connectivity index (χ3n) is 2.89. The normalized spacial score (nSPS) is 12.8. The maximum Gasteiger partial charge on any atom is 0.344 e. The van der Waals surface area contributed by atoms with Gasteiger partial charge in [-0.05, 0) is 31.5 Å². The van der Waals surface area contributed by atoms with Crippen molar-refractivity contribution in [2.75, 3.05) is 6.54 Å². The maximum atomic E-state index is 13.0. The quantitative estimate of drug-likeness (QED) is 0.828. The summed E-state index contributed by atoms with van der Waals surface area (Å²) in [6.45, 7) is 4.20. The van der Waals surface area contributed by atoms with Crippen molar-refractivity contribution in [3.05, 3.63) is 46.1 Å². The van der Waals surface area contributed by atoms with E-state index in [1.807, 2.05) is 13.8 Å². The van der Waals surface area contributed by atoms with Crippen LogP contribution >= 0.6 is 11.8 Å². The third kappa shape index (κ3) is 3.10. The predicted octanol–water partition coefficient (Wildman–Crippen LogP) is 2.08. The summed E-state index contributed by atoms with van der Waals surface area (Å²) in [5.74, 6) is -0.284. The van der Waals surface area contributed by atoms with E-state index in [1.54, 1.807) is 16.7 Å². The number of rotatable bonds is 5. The number of thioether (sulfide) groups is 1. The second-order valence-electron chi connectivity index (χ2n) is 4.67. The predicted molar refractivity (Wildman–Crippen MR) is 77.3 cm³/mol. The summed E-state index contributed by atoms with van der Waals surface area (Å²) in [5.41, 5.74) is 6.45. The summed E-state index contributed by atoms with van der Waals surface area (Å²) in [4.78, 5) is 11.7. The van der Waals surface area contributed by atoms with Gasteiger partial charge in [0.1, 0.15) is 5.82 Å². The zero-order chi connectivity index (χ0) is 14.7. The van der Waals surface area contributed by atoms with E-state index in [-0.39, 0.29) is 22.8 Å². The van der Waals surface area contributed by atoms with E-state index >= 15 is 0 Å². The molecule has 108 valence electrons. The number of nitrogens with one attached hydrogen (secondary N) is 1. The Morgan fingerprint density at radius 3 is 2.60 bits per heavy atom. The highest BCUT2D eigenvalue weighted by Crippen LogP contribution is 2.33. The average Bonchev–Trinajstić information content (AvgIpc) is 2.78. The second-order valence-corrected chi connectivity index (χ2v) is 5.84. The molecule has 1 heterocycles. The highest BCUT2D eigenvalue weighted by Gasteiger charge is 2.18. The Kier molecular flexibility index (Phi) is 4.61. The highest BCUT2D eigenvalue weighted by atomic mass is 32.2. The van der Waals surface area contributed by atoms with Crippen LogP contribution in [0.1, 0.15) is 30.7 Å². The van der Waals surface area contributed by atoms with Gasteiger partial charge in [-0.1, -0.05) is 23.9 Å². The second kappa shape index (κ2) is 6.23. The fourth-order valence-electron chi connectivity index (χ4n) is 1.89. The average molecular weight is 296 g/mol. The Balaban J connectivity index is 2.27. The number of aromatic nitrogens is 3. The first-order valence-electron chi connectivity index (χ1n) is 6.32. The zero-order valence-corrected chi connectivity index (χ0v) is 12.2. The van der Waals surface area contributed by atoms with Crippen LogP contribution in [0.3, 0.4) is 0 Å². The number of hydrogen-bond donors (Lipinski definition) is 2. The summed E-state index contributed by atoms with van der Waals surface area (Å²) in [5, 5.41) is 6.98. The van der Waals surface area contributed by atoms with E-state index in [9.17, 15) is 9.18 Å². The van der Waals surface area contributed by atoms with Crippen molar-refractivity contribution >= 4 is 11.8 Å². The van der Waals surface area contributed by atoms with Crippen molar-refractivity contribution in [1.29, 1.82) is 0 Å². The Morgan fingerprint density at radius 2 is 2.05 bits per heavy atom. The van der Waals surface area contributed by atoms with Gasteiger partial charge in [-0.15, -0.1) is 5.10 Å².